The first-order valence-corrected chi connectivity index (χ1v) is 10.7. The molecule has 2 aliphatic heterocycles. The number of hydrogen-bond donors (Lipinski definition) is 2. The van der Waals surface area contributed by atoms with Crippen molar-refractivity contribution >= 4 is 36.3 Å². The van der Waals surface area contributed by atoms with Crippen LogP contribution < -0.4 is 10.8 Å². The molecule has 1 unspecified atom stereocenters. The first-order valence-electron chi connectivity index (χ1n) is 9.73. The molecule has 1 atom stereocenters. The minimum atomic E-state index is -0.926. The number of rotatable bonds is 4. The first-order chi connectivity index (χ1) is 13.5. The number of nitrogens with one attached hydrogen (secondary N) is 1. The summed E-state index contributed by atoms with van der Waals surface area (Å²) >= 11 is 1.52. The van der Waals surface area contributed by atoms with Crippen LogP contribution >= 0.6 is 11.8 Å². The van der Waals surface area contributed by atoms with Crippen LogP contribution in [0, 0.1) is 0 Å². The number of aromatic nitrogens is 1. The van der Waals surface area contributed by atoms with Crippen LogP contribution in [0.4, 0.5) is 5.69 Å². The highest BCUT2D eigenvalue weighted by molar-refractivity contribution is 7.99. The number of thioether (sulfide) groups is 1. The van der Waals surface area contributed by atoms with E-state index in [1.807, 2.05) is 0 Å². The predicted molar refractivity (Wildman–Crippen MR) is 114 cm³/mol. The lowest BCUT2D eigenvalue weighted by molar-refractivity contribution is -0.140. The zero-order chi connectivity index (χ0) is 19.4. The Bertz CT molecular complexity index is 1070. The van der Waals surface area contributed by atoms with Crippen molar-refractivity contribution in [3.05, 3.63) is 62.8 Å². The van der Waals surface area contributed by atoms with Gasteiger partial charge in [0.05, 0.1) is 5.03 Å². The van der Waals surface area contributed by atoms with Gasteiger partial charge in [0.15, 0.2) is 0 Å². The summed E-state index contributed by atoms with van der Waals surface area (Å²) in [6.45, 7) is 2.42. The van der Waals surface area contributed by atoms with Gasteiger partial charge in [0.25, 0.3) is 12.4 Å². The molecule has 5 rings (SSSR count). The van der Waals surface area contributed by atoms with Crippen molar-refractivity contribution in [3.8, 4) is 0 Å². The van der Waals surface area contributed by atoms with Crippen LogP contribution in [-0.2, 0) is 11.2 Å². The largest absolute Gasteiger partial charge is 0.480 e. The Morgan fingerprint density at radius 2 is 2.18 bits per heavy atom. The first kappa shape index (κ1) is 17.7. The van der Waals surface area contributed by atoms with Crippen molar-refractivity contribution in [2.24, 2.45) is 0 Å². The topological polar surface area (TPSA) is 71.3 Å². The van der Waals surface area contributed by atoms with E-state index >= 15 is 0 Å². The molecule has 1 aliphatic carbocycles. The van der Waals surface area contributed by atoms with Gasteiger partial charge in [0.1, 0.15) is 6.04 Å². The molecule has 142 valence electrons. The van der Waals surface area contributed by atoms with E-state index in [9.17, 15) is 14.7 Å². The quantitative estimate of drug-likeness (QED) is 0.778. The van der Waals surface area contributed by atoms with Gasteiger partial charge in [-0.25, -0.2) is 4.79 Å². The van der Waals surface area contributed by atoms with Gasteiger partial charge in [-0.1, -0.05) is 31.0 Å². The number of pyridine rings is 1. The van der Waals surface area contributed by atoms with Gasteiger partial charge >= 0.3 is 5.97 Å². The van der Waals surface area contributed by atoms with Crippen molar-refractivity contribution < 1.29 is 9.90 Å². The van der Waals surface area contributed by atoms with E-state index < -0.39 is 12.0 Å². The van der Waals surface area contributed by atoms with Gasteiger partial charge in [-0.05, 0) is 53.5 Å². The summed E-state index contributed by atoms with van der Waals surface area (Å²) in [5, 5.41) is 13.9. The van der Waals surface area contributed by atoms with Crippen molar-refractivity contribution in [1.29, 1.82) is 0 Å². The number of benzene rings is 1. The lowest BCUT2D eigenvalue weighted by atomic mass is 9.63. The van der Waals surface area contributed by atoms with Crippen LogP contribution in [0.3, 0.4) is 0 Å². The second-order valence-electron chi connectivity index (χ2n) is 7.88. The maximum Gasteiger partial charge on any atom is 0.327 e. The maximum atomic E-state index is 12.8. The van der Waals surface area contributed by atoms with Crippen molar-refractivity contribution in [3.63, 3.8) is 0 Å². The van der Waals surface area contributed by atoms with E-state index in [-0.39, 0.29) is 5.56 Å². The van der Waals surface area contributed by atoms with Gasteiger partial charge in [-0.3, -0.25) is 9.36 Å². The maximum absolute atomic E-state index is 12.8. The van der Waals surface area contributed by atoms with E-state index in [0.717, 1.165) is 29.1 Å². The Morgan fingerprint density at radius 3 is 2.93 bits per heavy atom. The molecule has 5 nitrogen and oxygen atoms in total. The molecule has 0 saturated heterocycles. The number of fused-ring (bicyclic) bond motifs is 2. The highest BCUT2D eigenvalue weighted by Crippen LogP contribution is 2.48. The minimum absolute atomic E-state index is 0.195. The molecule has 1 aromatic heterocycles. The average molecular weight is 392 g/mol. The third-order valence-electron chi connectivity index (χ3n) is 5.80. The zero-order valence-electron chi connectivity index (χ0n) is 15.6. The molecule has 28 heavy (non-hydrogen) atoms. The molecule has 1 saturated carbocycles. The monoisotopic (exact) mass is 392 g/mol. The van der Waals surface area contributed by atoms with Crippen LogP contribution in [0.5, 0.6) is 0 Å². The molecule has 0 amide bonds. The van der Waals surface area contributed by atoms with Crippen molar-refractivity contribution in [2.45, 2.75) is 43.1 Å². The second kappa shape index (κ2) is 6.59. The summed E-state index contributed by atoms with van der Waals surface area (Å²) in [5.41, 5.74) is 5.55. The SMILES string of the molecule is CB1C=Cc2c(Cc3cc(=O)n4c(c3C3CC3)SCC4C(=O)O)cccc2N1. The number of carboxylic acids is 1. The lowest BCUT2D eigenvalue weighted by Gasteiger charge is -2.21. The Kier molecular flexibility index (Phi) is 4.16. The lowest BCUT2D eigenvalue weighted by Crippen LogP contribution is -2.29. The molecule has 1 aromatic carbocycles. The van der Waals surface area contributed by atoms with E-state index in [1.165, 1.54) is 33.0 Å². The number of carboxylic acid groups (broad SMARTS) is 1. The van der Waals surface area contributed by atoms with Crippen molar-refractivity contribution in [2.75, 3.05) is 11.0 Å². The molecular weight excluding hydrogens is 371 g/mol. The summed E-state index contributed by atoms with van der Waals surface area (Å²) in [6, 6.07) is 7.19. The van der Waals surface area contributed by atoms with Gasteiger partial charge in [-0.15, -0.1) is 11.8 Å². The third kappa shape index (κ3) is 2.89. The van der Waals surface area contributed by atoms with Gasteiger partial charge < -0.3 is 10.3 Å². The molecular formula is C21H21BN2O3S. The third-order valence-corrected chi connectivity index (χ3v) is 6.98. The molecule has 3 aliphatic rings. The van der Waals surface area contributed by atoms with Gasteiger partial charge in [0, 0.05) is 17.5 Å². The summed E-state index contributed by atoms with van der Waals surface area (Å²) in [7, 11) is 0. The smallest absolute Gasteiger partial charge is 0.327 e. The highest BCUT2D eigenvalue weighted by Gasteiger charge is 2.37. The number of anilines is 1. The highest BCUT2D eigenvalue weighted by atomic mass is 32.2. The van der Waals surface area contributed by atoms with Crippen molar-refractivity contribution in [1.82, 2.24) is 4.57 Å². The fourth-order valence-corrected chi connectivity index (χ4v) is 5.72. The molecule has 2 N–H and O–H groups in total. The number of hydrogen-bond acceptors (Lipinski definition) is 4. The molecule has 2 aromatic rings. The minimum Gasteiger partial charge on any atom is -0.480 e. The molecule has 0 bridgehead atoms. The van der Waals surface area contributed by atoms with Gasteiger partial charge in [-0.2, -0.15) is 0 Å². The molecule has 7 heteroatoms. The summed E-state index contributed by atoms with van der Waals surface area (Å²) in [5.74, 6) is 2.10. The Morgan fingerprint density at radius 1 is 1.36 bits per heavy atom. The van der Waals surface area contributed by atoms with E-state index in [4.69, 9.17) is 0 Å². The summed E-state index contributed by atoms with van der Waals surface area (Å²) < 4.78 is 1.51. The second-order valence-corrected chi connectivity index (χ2v) is 8.89. The standard InChI is InChI=1S/C21H21BN2O3S/c1-22-8-7-15-13(3-2-4-16(15)23-22)9-14-10-18(25)24-17(21(26)27)11-28-20(24)19(14)12-5-6-12/h2-4,7-8,10,12,17,23H,5-6,9,11H2,1H3,(H,26,27). The molecule has 1 fully saturated rings. The predicted octanol–water partition coefficient (Wildman–Crippen LogP) is 3.65. The number of aliphatic carboxylic acids is 1. The molecule has 0 radical (unpaired) electrons. The normalized spacial score (nSPS) is 19.9. The van der Waals surface area contributed by atoms with Crippen LogP contribution in [0.25, 0.3) is 6.08 Å². The van der Waals surface area contributed by atoms with Gasteiger partial charge in [0.2, 0.25) is 0 Å². The summed E-state index contributed by atoms with van der Waals surface area (Å²) in [4.78, 5) is 24.4. The van der Waals surface area contributed by atoms with E-state index in [1.54, 1.807) is 6.07 Å². The number of carbonyl (C=O) groups is 1. The fraction of sp³-hybridized carbons (Fsp3) is 0.333. The molecule has 3 heterocycles. The van der Waals surface area contributed by atoms with Crippen LogP contribution in [0.2, 0.25) is 6.82 Å². The zero-order valence-corrected chi connectivity index (χ0v) is 16.5. The average Bonchev–Trinajstić information content (AvgIpc) is 3.38. The summed E-state index contributed by atoms with van der Waals surface area (Å²) in [6.07, 6.45) is 5.08. The Labute approximate surface area is 167 Å². The van der Waals surface area contributed by atoms with Crippen LogP contribution in [0.15, 0.2) is 40.1 Å². The Balaban J connectivity index is 1.61. The van der Waals surface area contributed by atoms with Crippen LogP contribution in [-0.4, -0.2) is 28.2 Å². The Hall–Kier alpha value is -2.41. The molecule has 0 spiro atoms. The number of nitrogens with zero attached hydrogens (tertiary/aromatic N) is 1. The van der Waals surface area contributed by atoms with E-state index in [0.29, 0.717) is 24.9 Å². The fourth-order valence-electron chi connectivity index (χ4n) is 4.30. The van der Waals surface area contributed by atoms with E-state index in [2.05, 4.69) is 42.3 Å². The van der Waals surface area contributed by atoms with Crippen LogP contribution in [0.1, 0.15) is 47.1 Å².